The summed E-state index contributed by atoms with van der Waals surface area (Å²) < 4.78 is 15.5. The van der Waals surface area contributed by atoms with Gasteiger partial charge in [-0.3, -0.25) is 4.79 Å². The second kappa shape index (κ2) is 5.57. The van der Waals surface area contributed by atoms with Crippen LogP contribution in [-0.4, -0.2) is 15.3 Å². The predicted molar refractivity (Wildman–Crippen MR) is 74.0 cm³/mol. The summed E-state index contributed by atoms with van der Waals surface area (Å²) in [5, 5.41) is 0. The summed E-state index contributed by atoms with van der Waals surface area (Å²) in [5.74, 6) is -0.297. The van der Waals surface area contributed by atoms with Crippen LogP contribution in [0.5, 0.6) is 0 Å². The Morgan fingerprint density at radius 1 is 1.25 bits per heavy atom. The van der Waals surface area contributed by atoms with Crippen molar-refractivity contribution in [1.29, 1.82) is 0 Å². The van der Waals surface area contributed by atoms with E-state index >= 15 is 0 Å². The summed E-state index contributed by atoms with van der Waals surface area (Å²) in [6.07, 6.45) is 6.20. The molecular weight excluding hydrogens is 255 g/mol. The smallest absolute Gasteiger partial charge is 0.157 e. The molecule has 1 aliphatic carbocycles. The zero-order chi connectivity index (χ0) is 13.9. The van der Waals surface area contributed by atoms with E-state index in [0.717, 1.165) is 25.0 Å². The second-order valence-electron chi connectivity index (χ2n) is 5.28. The minimum Gasteiger partial charge on any atom is -0.327 e. The first-order valence-electron chi connectivity index (χ1n) is 7.02. The highest BCUT2D eigenvalue weighted by Crippen LogP contribution is 2.20. The maximum Gasteiger partial charge on any atom is 0.157 e. The van der Waals surface area contributed by atoms with Crippen molar-refractivity contribution in [2.24, 2.45) is 0 Å². The van der Waals surface area contributed by atoms with E-state index in [9.17, 15) is 9.18 Å². The summed E-state index contributed by atoms with van der Waals surface area (Å²) in [7, 11) is 0. The van der Waals surface area contributed by atoms with Gasteiger partial charge in [0.25, 0.3) is 0 Å². The number of rotatable bonds is 4. The van der Waals surface area contributed by atoms with E-state index in [1.54, 1.807) is 24.5 Å². The van der Waals surface area contributed by atoms with Gasteiger partial charge < -0.3 is 4.57 Å². The normalized spacial score (nSPS) is 14.1. The molecule has 4 heteroatoms. The maximum absolute atomic E-state index is 13.5. The minimum absolute atomic E-state index is 0.0147. The minimum atomic E-state index is -0.312. The van der Waals surface area contributed by atoms with Gasteiger partial charge in [0, 0.05) is 12.1 Å². The number of benzene rings is 1. The molecule has 1 aromatic carbocycles. The van der Waals surface area contributed by atoms with Gasteiger partial charge in [-0.1, -0.05) is 18.2 Å². The Morgan fingerprint density at radius 3 is 2.90 bits per heavy atom. The van der Waals surface area contributed by atoms with Crippen LogP contribution in [0.3, 0.4) is 0 Å². The SMILES string of the molecule is O=C(Cc1ccccc1F)Cn1cnc2c1CCCC2. The topological polar surface area (TPSA) is 34.9 Å². The van der Waals surface area contributed by atoms with Gasteiger partial charge in [0.1, 0.15) is 5.82 Å². The van der Waals surface area contributed by atoms with Gasteiger partial charge in [-0.05, 0) is 37.3 Å². The Hall–Kier alpha value is -1.97. The van der Waals surface area contributed by atoms with Crippen molar-refractivity contribution in [3.63, 3.8) is 0 Å². The van der Waals surface area contributed by atoms with Gasteiger partial charge in [-0.15, -0.1) is 0 Å². The van der Waals surface area contributed by atoms with Gasteiger partial charge in [0.05, 0.1) is 18.6 Å². The zero-order valence-electron chi connectivity index (χ0n) is 11.3. The van der Waals surface area contributed by atoms with E-state index < -0.39 is 0 Å². The quantitative estimate of drug-likeness (QED) is 0.857. The Kier molecular flexibility index (Phi) is 3.63. The van der Waals surface area contributed by atoms with Gasteiger partial charge in [-0.25, -0.2) is 9.37 Å². The fourth-order valence-electron chi connectivity index (χ4n) is 2.77. The van der Waals surface area contributed by atoms with Crippen LogP contribution >= 0.6 is 0 Å². The molecule has 0 aliphatic heterocycles. The van der Waals surface area contributed by atoms with Gasteiger partial charge in [0.2, 0.25) is 0 Å². The number of aryl methyl sites for hydroxylation is 1. The maximum atomic E-state index is 13.5. The molecule has 0 spiro atoms. The molecule has 1 heterocycles. The zero-order valence-corrected chi connectivity index (χ0v) is 11.3. The number of halogens is 1. The number of hydrogen-bond donors (Lipinski definition) is 0. The average molecular weight is 272 g/mol. The van der Waals surface area contributed by atoms with Crippen LogP contribution in [0.15, 0.2) is 30.6 Å². The number of aromatic nitrogens is 2. The molecule has 0 unspecified atom stereocenters. The number of Topliss-reactive ketones (excluding diaryl/α,β-unsaturated/α-hetero) is 1. The standard InChI is InChI=1S/C16H17FN2O/c17-14-6-2-1-5-12(14)9-13(20)10-19-11-18-15-7-3-4-8-16(15)19/h1-2,5-6,11H,3-4,7-10H2. The van der Waals surface area contributed by atoms with Crippen molar-refractivity contribution >= 4 is 5.78 Å². The fraction of sp³-hybridized carbons (Fsp3) is 0.375. The lowest BCUT2D eigenvalue weighted by Crippen LogP contribution is -2.16. The van der Waals surface area contributed by atoms with Crippen LogP contribution in [0.1, 0.15) is 29.8 Å². The van der Waals surface area contributed by atoms with E-state index in [2.05, 4.69) is 4.98 Å². The van der Waals surface area contributed by atoms with Crippen molar-refractivity contribution in [2.45, 2.75) is 38.6 Å². The van der Waals surface area contributed by atoms with Crippen molar-refractivity contribution in [3.05, 3.63) is 53.4 Å². The highest BCUT2D eigenvalue weighted by molar-refractivity contribution is 5.80. The Labute approximate surface area is 117 Å². The summed E-state index contributed by atoms with van der Waals surface area (Å²) in [6, 6.07) is 6.44. The molecule has 0 amide bonds. The lowest BCUT2D eigenvalue weighted by Gasteiger charge is -2.13. The van der Waals surface area contributed by atoms with Gasteiger partial charge in [0.15, 0.2) is 5.78 Å². The Bertz CT molecular complexity index is 633. The molecule has 0 atom stereocenters. The van der Waals surface area contributed by atoms with E-state index in [4.69, 9.17) is 0 Å². The predicted octanol–water partition coefficient (Wildman–Crippen LogP) is 2.71. The third-order valence-electron chi connectivity index (χ3n) is 3.80. The third kappa shape index (κ3) is 2.64. The highest BCUT2D eigenvalue weighted by Gasteiger charge is 2.17. The first-order valence-corrected chi connectivity index (χ1v) is 7.02. The molecule has 104 valence electrons. The number of hydrogen-bond acceptors (Lipinski definition) is 2. The first-order chi connectivity index (χ1) is 9.74. The molecule has 0 fully saturated rings. The highest BCUT2D eigenvalue weighted by atomic mass is 19.1. The number of carbonyl (C=O) groups is 1. The van der Waals surface area contributed by atoms with E-state index in [0.29, 0.717) is 5.56 Å². The summed E-state index contributed by atoms with van der Waals surface area (Å²) in [4.78, 5) is 16.5. The van der Waals surface area contributed by atoms with E-state index in [1.165, 1.54) is 18.2 Å². The molecule has 20 heavy (non-hydrogen) atoms. The van der Waals surface area contributed by atoms with Crippen LogP contribution in [-0.2, 0) is 30.6 Å². The molecule has 0 saturated heterocycles. The average Bonchev–Trinajstić information content (AvgIpc) is 2.85. The van der Waals surface area contributed by atoms with Gasteiger partial charge in [-0.2, -0.15) is 0 Å². The fourth-order valence-corrected chi connectivity index (χ4v) is 2.77. The molecule has 1 aromatic heterocycles. The largest absolute Gasteiger partial charge is 0.327 e. The number of imidazole rings is 1. The molecule has 1 aliphatic rings. The van der Waals surface area contributed by atoms with Crippen LogP contribution < -0.4 is 0 Å². The molecule has 0 bridgehead atoms. The van der Waals surface area contributed by atoms with Crippen LogP contribution in [0.25, 0.3) is 0 Å². The second-order valence-corrected chi connectivity index (χ2v) is 5.28. The summed E-state index contributed by atoms with van der Waals surface area (Å²) in [6.45, 7) is 0.288. The molecule has 0 N–H and O–H groups in total. The monoisotopic (exact) mass is 272 g/mol. The van der Waals surface area contributed by atoms with Crippen molar-refractivity contribution in [3.8, 4) is 0 Å². The van der Waals surface area contributed by atoms with Gasteiger partial charge >= 0.3 is 0 Å². The lowest BCUT2D eigenvalue weighted by molar-refractivity contribution is -0.119. The Balaban J connectivity index is 1.70. The third-order valence-corrected chi connectivity index (χ3v) is 3.80. The van der Waals surface area contributed by atoms with E-state index in [-0.39, 0.29) is 24.6 Å². The van der Waals surface area contributed by atoms with Crippen LogP contribution in [0.4, 0.5) is 4.39 Å². The van der Waals surface area contributed by atoms with Crippen molar-refractivity contribution in [1.82, 2.24) is 9.55 Å². The molecule has 3 nitrogen and oxygen atoms in total. The summed E-state index contributed by atoms with van der Waals surface area (Å²) in [5.41, 5.74) is 2.76. The molecule has 2 aromatic rings. The Morgan fingerprint density at radius 2 is 2.05 bits per heavy atom. The number of ketones is 1. The van der Waals surface area contributed by atoms with Crippen LogP contribution in [0, 0.1) is 5.82 Å². The molecular formula is C16H17FN2O. The lowest BCUT2D eigenvalue weighted by atomic mass is 10.0. The van der Waals surface area contributed by atoms with Crippen LogP contribution in [0.2, 0.25) is 0 Å². The van der Waals surface area contributed by atoms with E-state index in [1.807, 2.05) is 4.57 Å². The molecule has 0 saturated carbocycles. The number of carbonyl (C=O) groups excluding carboxylic acids is 1. The number of fused-ring (bicyclic) bond motifs is 1. The molecule has 3 rings (SSSR count). The van der Waals surface area contributed by atoms with Crippen molar-refractivity contribution < 1.29 is 9.18 Å². The summed E-state index contributed by atoms with van der Waals surface area (Å²) >= 11 is 0. The van der Waals surface area contributed by atoms with Crippen molar-refractivity contribution in [2.75, 3.05) is 0 Å². The molecule has 0 radical (unpaired) electrons. The first kappa shape index (κ1) is 13.0. The number of nitrogens with zero attached hydrogens (tertiary/aromatic N) is 2.